The van der Waals surface area contributed by atoms with Crippen molar-refractivity contribution in [2.24, 2.45) is 0 Å². The summed E-state index contributed by atoms with van der Waals surface area (Å²) >= 11 is 0. The number of aromatic nitrogens is 1. The molecule has 0 saturated heterocycles. The molecule has 2 N–H and O–H groups in total. The van der Waals surface area contributed by atoms with Crippen molar-refractivity contribution in [3.05, 3.63) is 18.3 Å². The normalized spacial score (nSPS) is 13.7. The molecule has 1 fully saturated rings. The Labute approximate surface area is 116 Å². The molecule has 1 aliphatic carbocycles. The lowest BCUT2D eigenvalue weighted by Crippen LogP contribution is -2.38. The van der Waals surface area contributed by atoms with Crippen LogP contribution in [0.25, 0.3) is 0 Å². The molecular weight excluding hydrogens is 262 g/mol. The fourth-order valence-electron chi connectivity index (χ4n) is 1.82. The number of carbonyl (C=O) groups excluding carboxylic acids is 1. The quantitative estimate of drug-likeness (QED) is 0.824. The number of pyridine rings is 1. The Morgan fingerprint density at radius 3 is 2.75 bits per heavy atom. The zero-order valence-corrected chi connectivity index (χ0v) is 11.2. The molecule has 0 atom stereocenters. The van der Waals surface area contributed by atoms with E-state index in [0.29, 0.717) is 11.6 Å². The van der Waals surface area contributed by atoms with Crippen LogP contribution in [0.3, 0.4) is 0 Å². The summed E-state index contributed by atoms with van der Waals surface area (Å²) in [5, 5.41) is 11.4. The predicted octanol–water partition coefficient (Wildman–Crippen LogP) is 1.56. The first-order valence-electron chi connectivity index (χ1n) is 6.39. The largest absolute Gasteiger partial charge is 0.481 e. The Hall–Kier alpha value is -2.31. The molecule has 1 aliphatic rings. The number of nitrogens with one attached hydrogen (secondary N) is 1. The van der Waals surface area contributed by atoms with E-state index in [9.17, 15) is 9.59 Å². The van der Waals surface area contributed by atoms with Gasteiger partial charge in [-0.05, 0) is 18.9 Å². The van der Waals surface area contributed by atoms with Gasteiger partial charge in [0, 0.05) is 18.7 Å². The maximum Gasteiger partial charge on any atom is 0.322 e. The Morgan fingerprint density at radius 2 is 2.25 bits per heavy atom. The maximum absolute atomic E-state index is 12.1. The van der Waals surface area contributed by atoms with Crippen LogP contribution in [0.15, 0.2) is 18.3 Å². The number of carboxylic acid groups (broad SMARTS) is 1. The molecule has 0 aromatic carbocycles. The summed E-state index contributed by atoms with van der Waals surface area (Å²) in [6.45, 7) is 0.218. The fraction of sp³-hybridized carbons (Fsp3) is 0.462. The molecule has 1 aromatic heterocycles. The van der Waals surface area contributed by atoms with Gasteiger partial charge in [-0.3, -0.25) is 4.79 Å². The van der Waals surface area contributed by atoms with Crippen molar-refractivity contribution in [2.45, 2.75) is 25.3 Å². The Bertz CT molecular complexity index is 485. The first kappa shape index (κ1) is 14.1. The molecule has 2 amide bonds. The molecule has 7 nitrogen and oxygen atoms in total. The predicted molar refractivity (Wildman–Crippen MR) is 71.8 cm³/mol. The SMILES string of the molecule is COc1ccc(NC(=O)N(CCC(=O)O)C2CC2)cn1. The second kappa shape index (κ2) is 6.23. The first-order valence-corrected chi connectivity index (χ1v) is 6.39. The molecule has 2 rings (SSSR count). The van der Waals surface area contributed by atoms with Gasteiger partial charge in [-0.15, -0.1) is 0 Å². The average Bonchev–Trinajstić information content (AvgIpc) is 3.24. The number of urea groups is 1. The van der Waals surface area contributed by atoms with Crippen molar-refractivity contribution in [1.82, 2.24) is 9.88 Å². The van der Waals surface area contributed by atoms with Crippen LogP contribution in [-0.2, 0) is 4.79 Å². The van der Waals surface area contributed by atoms with E-state index in [1.54, 1.807) is 17.0 Å². The molecule has 1 saturated carbocycles. The van der Waals surface area contributed by atoms with Crippen LogP contribution in [0.1, 0.15) is 19.3 Å². The highest BCUT2D eigenvalue weighted by Crippen LogP contribution is 2.27. The molecule has 0 spiro atoms. The van der Waals surface area contributed by atoms with E-state index in [1.807, 2.05) is 0 Å². The van der Waals surface area contributed by atoms with Gasteiger partial charge in [0.1, 0.15) is 0 Å². The molecule has 0 radical (unpaired) electrons. The van der Waals surface area contributed by atoms with E-state index in [4.69, 9.17) is 9.84 Å². The van der Waals surface area contributed by atoms with Crippen LogP contribution >= 0.6 is 0 Å². The highest BCUT2D eigenvalue weighted by molar-refractivity contribution is 5.89. The van der Waals surface area contributed by atoms with E-state index in [2.05, 4.69) is 10.3 Å². The molecule has 1 heterocycles. The number of methoxy groups -OCH3 is 1. The summed E-state index contributed by atoms with van der Waals surface area (Å²) in [6.07, 6.45) is 3.30. The van der Waals surface area contributed by atoms with Crippen LogP contribution in [0.4, 0.5) is 10.5 Å². The van der Waals surface area contributed by atoms with Gasteiger partial charge in [0.15, 0.2) is 0 Å². The van der Waals surface area contributed by atoms with Crippen LogP contribution in [0.5, 0.6) is 5.88 Å². The third-order valence-corrected chi connectivity index (χ3v) is 3.01. The number of anilines is 1. The topological polar surface area (TPSA) is 91.8 Å². The Balaban J connectivity index is 1.94. The van der Waals surface area contributed by atoms with Gasteiger partial charge in [-0.25, -0.2) is 9.78 Å². The lowest BCUT2D eigenvalue weighted by molar-refractivity contribution is -0.137. The number of amides is 2. The highest BCUT2D eigenvalue weighted by Gasteiger charge is 2.32. The number of hydrogen-bond acceptors (Lipinski definition) is 4. The van der Waals surface area contributed by atoms with Gasteiger partial charge >= 0.3 is 12.0 Å². The number of carbonyl (C=O) groups is 2. The van der Waals surface area contributed by atoms with Gasteiger partial charge in [0.2, 0.25) is 5.88 Å². The van der Waals surface area contributed by atoms with Crippen LogP contribution in [0, 0.1) is 0 Å². The zero-order chi connectivity index (χ0) is 14.5. The molecule has 7 heteroatoms. The van der Waals surface area contributed by atoms with E-state index < -0.39 is 5.97 Å². The van der Waals surface area contributed by atoms with E-state index in [0.717, 1.165) is 12.8 Å². The minimum Gasteiger partial charge on any atom is -0.481 e. The van der Waals surface area contributed by atoms with Crippen LogP contribution < -0.4 is 10.1 Å². The van der Waals surface area contributed by atoms with Crippen LogP contribution in [-0.4, -0.2) is 46.7 Å². The van der Waals surface area contributed by atoms with Gasteiger partial charge in [0.05, 0.1) is 25.4 Å². The van der Waals surface area contributed by atoms with Crippen molar-refractivity contribution in [2.75, 3.05) is 19.0 Å². The number of rotatable bonds is 6. The van der Waals surface area contributed by atoms with E-state index in [1.165, 1.54) is 13.3 Å². The maximum atomic E-state index is 12.1. The van der Waals surface area contributed by atoms with Gasteiger partial charge in [0.25, 0.3) is 0 Å². The standard InChI is InChI=1S/C13H17N3O4/c1-20-11-5-2-9(8-14-11)15-13(19)16(10-3-4-10)7-6-12(17)18/h2,5,8,10H,3-4,6-7H2,1H3,(H,15,19)(H,17,18). The van der Waals surface area contributed by atoms with Crippen molar-refractivity contribution in [1.29, 1.82) is 0 Å². The zero-order valence-electron chi connectivity index (χ0n) is 11.2. The summed E-state index contributed by atoms with van der Waals surface area (Å²) in [4.78, 5) is 28.3. The Kier molecular flexibility index (Phi) is 4.39. The number of ether oxygens (including phenoxy) is 1. The first-order chi connectivity index (χ1) is 9.60. The second-order valence-corrected chi connectivity index (χ2v) is 4.59. The molecule has 0 unspecified atom stereocenters. The molecule has 0 aliphatic heterocycles. The van der Waals surface area contributed by atoms with Gasteiger partial charge in [-0.1, -0.05) is 0 Å². The smallest absolute Gasteiger partial charge is 0.322 e. The Morgan fingerprint density at radius 1 is 1.50 bits per heavy atom. The van der Waals surface area contributed by atoms with Gasteiger partial charge < -0.3 is 20.1 Å². The molecular formula is C13H17N3O4. The third kappa shape index (κ3) is 3.84. The van der Waals surface area contributed by atoms with Crippen molar-refractivity contribution in [3.8, 4) is 5.88 Å². The number of nitrogens with zero attached hydrogens (tertiary/aromatic N) is 2. The summed E-state index contributed by atoms with van der Waals surface area (Å²) in [7, 11) is 1.52. The van der Waals surface area contributed by atoms with Crippen molar-refractivity contribution >= 4 is 17.7 Å². The summed E-state index contributed by atoms with van der Waals surface area (Å²) in [6, 6.07) is 3.20. The number of carboxylic acids is 1. The van der Waals surface area contributed by atoms with Gasteiger partial charge in [-0.2, -0.15) is 0 Å². The summed E-state index contributed by atoms with van der Waals surface area (Å²) < 4.78 is 4.94. The van der Waals surface area contributed by atoms with E-state index >= 15 is 0 Å². The molecule has 108 valence electrons. The van der Waals surface area contributed by atoms with Crippen LogP contribution in [0.2, 0.25) is 0 Å². The minimum absolute atomic E-state index is 0.0508. The van der Waals surface area contributed by atoms with E-state index in [-0.39, 0.29) is 25.0 Å². The summed E-state index contributed by atoms with van der Waals surface area (Å²) in [5.41, 5.74) is 0.553. The highest BCUT2D eigenvalue weighted by atomic mass is 16.5. The average molecular weight is 279 g/mol. The molecule has 20 heavy (non-hydrogen) atoms. The van der Waals surface area contributed by atoms with Crippen molar-refractivity contribution in [3.63, 3.8) is 0 Å². The molecule has 1 aromatic rings. The fourth-order valence-corrected chi connectivity index (χ4v) is 1.82. The number of hydrogen-bond donors (Lipinski definition) is 2. The monoisotopic (exact) mass is 279 g/mol. The second-order valence-electron chi connectivity index (χ2n) is 4.59. The third-order valence-electron chi connectivity index (χ3n) is 3.01. The lowest BCUT2D eigenvalue weighted by Gasteiger charge is -2.22. The minimum atomic E-state index is -0.908. The summed E-state index contributed by atoms with van der Waals surface area (Å²) in [5.74, 6) is -0.442. The van der Waals surface area contributed by atoms with Crippen molar-refractivity contribution < 1.29 is 19.4 Å². The number of aliphatic carboxylic acids is 1. The lowest BCUT2D eigenvalue weighted by atomic mass is 10.3. The molecule has 0 bridgehead atoms.